The summed E-state index contributed by atoms with van der Waals surface area (Å²) in [6, 6.07) is 16.5. The molecule has 5 aromatic rings. The first kappa shape index (κ1) is 19.6. The molecule has 0 spiro atoms. The molecule has 0 bridgehead atoms. The summed E-state index contributed by atoms with van der Waals surface area (Å²) >= 11 is 2.13. The molecule has 0 fully saturated rings. The van der Waals surface area contributed by atoms with Gasteiger partial charge in [-0.25, -0.2) is 7.88 Å². The predicted octanol–water partition coefficient (Wildman–Crippen LogP) is 3.64. The van der Waals surface area contributed by atoms with Crippen LogP contribution in [0.3, 0.4) is 0 Å². The quantitative estimate of drug-likeness (QED) is 0.305. The van der Waals surface area contributed by atoms with E-state index in [0.717, 1.165) is 33.2 Å². The number of hydrogen-bond acceptors (Lipinski definition) is 5. The molecular weight excluding hydrogens is 507 g/mol. The van der Waals surface area contributed by atoms with Crippen LogP contribution in [-0.4, -0.2) is 40.6 Å². The number of benzene rings is 2. The Morgan fingerprint density at radius 2 is 1.94 bits per heavy atom. The molecule has 31 heavy (non-hydrogen) atoms. The molecule has 9 heteroatoms. The highest BCUT2D eigenvalue weighted by Gasteiger charge is 2.19. The molecule has 0 unspecified atom stereocenters. The van der Waals surface area contributed by atoms with Gasteiger partial charge in [-0.15, -0.1) is 0 Å². The number of hydrogen-bond donors (Lipinski definition) is 3. The summed E-state index contributed by atoms with van der Waals surface area (Å²) in [5.74, 6) is -0.191. The number of imidazole rings is 1. The average molecular weight is 524 g/mol. The SMILES string of the molecule is O=C(N[C@H](CO)c1ccccc1)c1nc2cc3c(-c4ccncc4)nn(I)c3cc2[nH]1. The van der Waals surface area contributed by atoms with Gasteiger partial charge < -0.3 is 15.4 Å². The zero-order valence-corrected chi connectivity index (χ0v) is 18.3. The Bertz CT molecular complexity index is 1380. The number of rotatable bonds is 5. The lowest BCUT2D eigenvalue weighted by Crippen LogP contribution is -2.31. The highest BCUT2D eigenvalue weighted by atomic mass is 127. The lowest BCUT2D eigenvalue weighted by atomic mass is 10.1. The van der Waals surface area contributed by atoms with Gasteiger partial charge in [0.15, 0.2) is 5.82 Å². The Morgan fingerprint density at radius 1 is 1.16 bits per heavy atom. The Hall–Kier alpha value is -3.31. The van der Waals surface area contributed by atoms with Crippen LogP contribution in [0.1, 0.15) is 22.2 Å². The van der Waals surface area contributed by atoms with Crippen molar-refractivity contribution in [2.75, 3.05) is 6.61 Å². The fraction of sp³-hybridized carbons (Fsp3) is 0.0909. The third kappa shape index (κ3) is 3.66. The minimum atomic E-state index is -0.512. The van der Waals surface area contributed by atoms with Crippen molar-refractivity contribution in [3.63, 3.8) is 0 Å². The molecule has 3 N–H and O–H groups in total. The van der Waals surface area contributed by atoms with Crippen LogP contribution in [-0.2, 0) is 0 Å². The Labute approximate surface area is 190 Å². The number of carbonyl (C=O) groups excluding carboxylic acids is 1. The largest absolute Gasteiger partial charge is 0.394 e. The molecule has 0 aliphatic rings. The number of pyridine rings is 1. The summed E-state index contributed by atoms with van der Waals surface area (Å²) in [6.45, 7) is -0.209. The standard InChI is InChI=1S/C22H17IN6O2/c23-29-19-11-17-16(10-15(19)20(28-29)14-6-8-24-9-7-14)25-21(26-17)22(31)27-18(12-30)13-4-2-1-3-5-13/h1-11,18,30H,12H2,(H,25,26)(H,27,31)/t18-/m1/s1. The number of aromatic nitrogens is 5. The predicted molar refractivity (Wildman–Crippen MR) is 126 cm³/mol. The van der Waals surface area contributed by atoms with E-state index in [0.29, 0.717) is 5.52 Å². The van der Waals surface area contributed by atoms with Crippen molar-refractivity contribution in [2.24, 2.45) is 0 Å². The molecule has 1 atom stereocenters. The van der Waals surface area contributed by atoms with E-state index in [4.69, 9.17) is 0 Å². The van der Waals surface area contributed by atoms with E-state index in [2.05, 4.69) is 48.2 Å². The molecule has 8 nitrogen and oxygen atoms in total. The monoisotopic (exact) mass is 524 g/mol. The second-order valence-corrected chi connectivity index (χ2v) is 7.95. The normalized spacial score (nSPS) is 12.3. The molecule has 3 aromatic heterocycles. The first-order valence-electron chi connectivity index (χ1n) is 9.60. The lowest BCUT2D eigenvalue weighted by Gasteiger charge is -2.15. The van der Waals surface area contributed by atoms with Gasteiger partial charge in [-0.2, -0.15) is 5.10 Å². The lowest BCUT2D eigenvalue weighted by molar-refractivity contribution is 0.0907. The number of aliphatic hydroxyl groups excluding tert-OH is 1. The number of aliphatic hydroxyl groups is 1. The topological polar surface area (TPSA) is 109 Å². The third-order valence-corrected chi connectivity index (χ3v) is 5.84. The van der Waals surface area contributed by atoms with E-state index >= 15 is 0 Å². The Morgan fingerprint density at radius 3 is 2.68 bits per heavy atom. The van der Waals surface area contributed by atoms with Crippen LogP contribution >= 0.6 is 22.9 Å². The number of fused-ring (bicyclic) bond motifs is 2. The van der Waals surface area contributed by atoms with Crippen LogP contribution in [0.2, 0.25) is 0 Å². The van der Waals surface area contributed by atoms with Gasteiger partial charge in [0.1, 0.15) is 5.69 Å². The first-order chi connectivity index (χ1) is 15.1. The number of aromatic amines is 1. The summed E-state index contributed by atoms with van der Waals surface area (Å²) in [4.78, 5) is 24.4. The van der Waals surface area contributed by atoms with Crippen LogP contribution in [0.4, 0.5) is 0 Å². The molecule has 0 saturated heterocycles. The fourth-order valence-electron chi connectivity index (χ4n) is 3.56. The minimum Gasteiger partial charge on any atom is -0.394 e. The zero-order chi connectivity index (χ0) is 21.4. The number of H-pyrrole nitrogens is 1. The fourth-order valence-corrected chi connectivity index (χ4v) is 4.18. The van der Waals surface area contributed by atoms with Gasteiger partial charge in [0.05, 0.1) is 52.1 Å². The van der Waals surface area contributed by atoms with Gasteiger partial charge in [0.25, 0.3) is 5.91 Å². The summed E-state index contributed by atoms with van der Waals surface area (Å²) in [7, 11) is 0. The van der Waals surface area contributed by atoms with E-state index in [1.807, 2.05) is 54.6 Å². The van der Waals surface area contributed by atoms with Gasteiger partial charge >= 0.3 is 0 Å². The highest BCUT2D eigenvalue weighted by Crippen LogP contribution is 2.31. The van der Waals surface area contributed by atoms with Crippen molar-refractivity contribution >= 4 is 50.7 Å². The summed E-state index contributed by atoms with van der Waals surface area (Å²) < 4.78 is 1.78. The number of nitrogens with one attached hydrogen (secondary N) is 2. The van der Waals surface area contributed by atoms with Gasteiger partial charge in [0.2, 0.25) is 0 Å². The van der Waals surface area contributed by atoms with Gasteiger partial charge in [0, 0.05) is 23.3 Å². The number of amides is 1. The molecule has 2 aromatic carbocycles. The van der Waals surface area contributed by atoms with E-state index in [1.54, 1.807) is 15.3 Å². The molecule has 154 valence electrons. The maximum atomic E-state index is 12.8. The van der Waals surface area contributed by atoms with Crippen molar-refractivity contribution in [1.29, 1.82) is 0 Å². The van der Waals surface area contributed by atoms with E-state index in [1.165, 1.54) is 0 Å². The van der Waals surface area contributed by atoms with Crippen LogP contribution in [0.5, 0.6) is 0 Å². The maximum absolute atomic E-state index is 12.8. The van der Waals surface area contributed by atoms with Gasteiger partial charge in [-0.3, -0.25) is 9.78 Å². The zero-order valence-electron chi connectivity index (χ0n) is 16.2. The van der Waals surface area contributed by atoms with Crippen molar-refractivity contribution < 1.29 is 9.90 Å². The summed E-state index contributed by atoms with van der Waals surface area (Å²) in [6.07, 6.45) is 3.46. The molecule has 0 aliphatic carbocycles. The van der Waals surface area contributed by atoms with Crippen molar-refractivity contribution in [2.45, 2.75) is 6.04 Å². The molecule has 3 heterocycles. The van der Waals surface area contributed by atoms with Crippen molar-refractivity contribution in [1.82, 2.24) is 28.3 Å². The second kappa shape index (κ2) is 8.08. The van der Waals surface area contributed by atoms with Crippen LogP contribution in [0.15, 0.2) is 67.0 Å². The molecule has 0 aliphatic heterocycles. The second-order valence-electron chi connectivity index (χ2n) is 7.04. The third-order valence-electron chi connectivity index (χ3n) is 5.10. The van der Waals surface area contributed by atoms with Gasteiger partial charge in [-0.1, -0.05) is 30.3 Å². The number of nitrogens with zero attached hydrogens (tertiary/aromatic N) is 4. The van der Waals surface area contributed by atoms with Crippen LogP contribution in [0, 0.1) is 0 Å². The smallest absolute Gasteiger partial charge is 0.287 e. The van der Waals surface area contributed by atoms with Crippen molar-refractivity contribution in [3.05, 3.63) is 78.4 Å². The molecule has 0 saturated carbocycles. The molecular formula is C22H17IN6O2. The molecule has 0 radical (unpaired) electrons. The van der Waals surface area contributed by atoms with Gasteiger partial charge in [-0.05, 0) is 29.8 Å². The first-order valence-corrected chi connectivity index (χ1v) is 10.6. The highest BCUT2D eigenvalue weighted by molar-refractivity contribution is 14.1. The van der Waals surface area contributed by atoms with E-state index < -0.39 is 6.04 Å². The van der Waals surface area contributed by atoms with E-state index in [9.17, 15) is 9.90 Å². The molecule has 5 rings (SSSR count). The van der Waals surface area contributed by atoms with Crippen molar-refractivity contribution in [3.8, 4) is 11.3 Å². The average Bonchev–Trinajstić information content (AvgIpc) is 3.38. The Balaban J connectivity index is 1.51. The van der Waals surface area contributed by atoms with Crippen LogP contribution in [0.25, 0.3) is 33.2 Å². The maximum Gasteiger partial charge on any atom is 0.287 e. The molecule has 1 amide bonds. The van der Waals surface area contributed by atoms with Crippen LogP contribution < -0.4 is 5.32 Å². The Kier molecular flexibility index (Phi) is 5.12. The van der Waals surface area contributed by atoms with E-state index in [-0.39, 0.29) is 18.3 Å². The summed E-state index contributed by atoms with van der Waals surface area (Å²) in [5.41, 5.74) is 4.92. The number of halogens is 1. The summed E-state index contributed by atoms with van der Waals surface area (Å²) in [5, 5.41) is 18.1. The minimum absolute atomic E-state index is 0.190. The number of carbonyl (C=O) groups is 1.